The molecule has 3 rings (SSSR count). The Hall–Kier alpha value is -3.81. The number of carboxylic acids is 1. The van der Waals surface area contributed by atoms with Gasteiger partial charge in [0.15, 0.2) is 11.5 Å². The molecule has 2 amide bonds. The smallest absolute Gasteiger partial charge is 0.490 e. The average molecular weight is 545 g/mol. The van der Waals surface area contributed by atoms with Gasteiger partial charge in [-0.25, -0.2) is 4.79 Å². The van der Waals surface area contributed by atoms with Gasteiger partial charge in [0, 0.05) is 18.5 Å². The first-order valence-corrected chi connectivity index (χ1v) is 11.8. The third kappa shape index (κ3) is 7.60. The Morgan fingerprint density at radius 3 is 2.24 bits per heavy atom. The Bertz CT molecular complexity index is 1160. The number of likely N-dealkylation sites (tertiary alicyclic amines) is 1. The second-order valence-electron chi connectivity index (χ2n) is 9.05. The molecular formula is C24H31F3N4O7. The predicted octanol–water partition coefficient (Wildman–Crippen LogP) is 3.54. The lowest BCUT2D eigenvalue weighted by Crippen LogP contribution is -2.36. The van der Waals surface area contributed by atoms with Crippen molar-refractivity contribution in [2.45, 2.75) is 45.7 Å². The SMILES string of the molecule is CCNC(=O)c1noc(-c2cc(C(C)C)c(O)cc2O)c1NC(=O)C1CCN(C)CC1.O=C(O)C(F)(F)F. The number of hydrogen-bond donors (Lipinski definition) is 5. The zero-order chi connectivity index (χ0) is 28.8. The van der Waals surface area contributed by atoms with Gasteiger partial charge >= 0.3 is 12.1 Å². The number of nitrogens with zero attached hydrogens (tertiary/aromatic N) is 2. The number of aromatic hydroxyl groups is 2. The predicted molar refractivity (Wildman–Crippen MR) is 130 cm³/mol. The fraction of sp³-hybridized carbons (Fsp3) is 0.500. The molecule has 14 heteroatoms. The van der Waals surface area contributed by atoms with Gasteiger partial charge in [0.25, 0.3) is 5.91 Å². The molecule has 0 unspecified atom stereocenters. The zero-order valence-electron chi connectivity index (χ0n) is 21.3. The number of benzene rings is 1. The Morgan fingerprint density at radius 2 is 1.74 bits per heavy atom. The highest BCUT2D eigenvalue weighted by molar-refractivity contribution is 6.06. The highest BCUT2D eigenvalue weighted by atomic mass is 19.4. The minimum atomic E-state index is -5.08. The third-order valence-electron chi connectivity index (χ3n) is 5.84. The lowest BCUT2D eigenvalue weighted by atomic mass is 9.95. The molecule has 1 aliphatic rings. The monoisotopic (exact) mass is 544 g/mol. The van der Waals surface area contributed by atoms with E-state index >= 15 is 0 Å². The van der Waals surface area contributed by atoms with Gasteiger partial charge in [-0.2, -0.15) is 13.2 Å². The largest absolute Gasteiger partial charge is 0.508 e. The van der Waals surface area contributed by atoms with Crippen LogP contribution in [-0.2, 0) is 9.59 Å². The molecule has 0 bridgehead atoms. The molecule has 0 aliphatic carbocycles. The molecule has 0 radical (unpaired) electrons. The van der Waals surface area contributed by atoms with Gasteiger partial charge < -0.3 is 35.4 Å². The van der Waals surface area contributed by atoms with Crippen LogP contribution in [0.3, 0.4) is 0 Å². The van der Waals surface area contributed by atoms with Crippen LogP contribution in [0.1, 0.15) is 55.6 Å². The Labute approximate surface area is 216 Å². The van der Waals surface area contributed by atoms with Crippen LogP contribution in [0, 0.1) is 5.92 Å². The Kier molecular flexibility index (Phi) is 10.1. The van der Waals surface area contributed by atoms with Crippen LogP contribution in [0.25, 0.3) is 11.3 Å². The maximum atomic E-state index is 13.0. The summed E-state index contributed by atoms with van der Waals surface area (Å²) in [4.78, 5) is 36.6. The number of nitrogens with one attached hydrogen (secondary N) is 2. The summed E-state index contributed by atoms with van der Waals surface area (Å²) in [6.07, 6.45) is -3.66. The number of hydrogen-bond acceptors (Lipinski definition) is 8. The number of carbonyl (C=O) groups excluding carboxylic acids is 2. The van der Waals surface area contributed by atoms with Crippen LogP contribution in [0.4, 0.5) is 18.9 Å². The van der Waals surface area contributed by atoms with Crippen molar-refractivity contribution in [3.8, 4) is 22.8 Å². The van der Waals surface area contributed by atoms with Crippen LogP contribution in [-0.4, -0.2) is 76.0 Å². The number of aliphatic carboxylic acids is 1. The van der Waals surface area contributed by atoms with Gasteiger partial charge in [0.05, 0.1) is 5.56 Å². The summed E-state index contributed by atoms with van der Waals surface area (Å²) in [7, 11) is 2.01. The van der Waals surface area contributed by atoms with Crippen LogP contribution in [0.15, 0.2) is 16.7 Å². The number of amides is 2. The highest BCUT2D eigenvalue weighted by Crippen LogP contribution is 2.42. The van der Waals surface area contributed by atoms with Crippen LogP contribution < -0.4 is 10.6 Å². The van der Waals surface area contributed by atoms with E-state index in [0.29, 0.717) is 24.9 Å². The van der Waals surface area contributed by atoms with Crippen molar-refractivity contribution in [1.82, 2.24) is 15.4 Å². The summed E-state index contributed by atoms with van der Waals surface area (Å²) in [5, 5.41) is 37.1. The Morgan fingerprint density at radius 1 is 1.16 bits per heavy atom. The molecule has 1 saturated heterocycles. The number of carbonyl (C=O) groups is 3. The van der Waals surface area contributed by atoms with E-state index in [1.54, 1.807) is 13.0 Å². The molecule has 0 atom stereocenters. The maximum absolute atomic E-state index is 13.0. The number of anilines is 1. The summed E-state index contributed by atoms with van der Waals surface area (Å²) >= 11 is 0. The molecular weight excluding hydrogens is 513 g/mol. The van der Waals surface area contributed by atoms with Gasteiger partial charge in [-0.1, -0.05) is 19.0 Å². The fourth-order valence-corrected chi connectivity index (χ4v) is 3.72. The first-order valence-electron chi connectivity index (χ1n) is 11.8. The minimum Gasteiger partial charge on any atom is -0.508 e. The van der Waals surface area contributed by atoms with Crippen molar-refractivity contribution in [3.63, 3.8) is 0 Å². The maximum Gasteiger partial charge on any atom is 0.490 e. The summed E-state index contributed by atoms with van der Waals surface area (Å²) in [6, 6.07) is 2.81. The van der Waals surface area contributed by atoms with E-state index in [-0.39, 0.29) is 51.9 Å². The van der Waals surface area contributed by atoms with Crippen molar-refractivity contribution < 1.29 is 47.4 Å². The number of piperidine rings is 1. The topological polar surface area (TPSA) is 165 Å². The molecule has 2 aromatic rings. The Balaban J connectivity index is 0.000000638. The van der Waals surface area contributed by atoms with E-state index < -0.39 is 18.1 Å². The van der Waals surface area contributed by atoms with E-state index in [1.807, 2.05) is 20.9 Å². The molecule has 5 N–H and O–H groups in total. The van der Waals surface area contributed by atoms with Crippen molar-refractivity contribution in [2.24, 2.45) is 5.92 Å². The molecule has 38 heavy (non-hydrogen) atoms. The number of alkyl halides is 3. The molecule has 2 heterocycles. The van der Waals surface area contributed by atoms with E-state index in [4.69, 9.17) is 14.4 Å². The van der Waals surface area contributed by atoms with Gasteiger partial charge in [-0.15, -0.1) is 0 Å². The average Bonchev–Trinajstić information content (AvgIpc) is 3.22. The minimum absolute atomic E-state index is 0.0256. The number of halogens is 3. The number of carboxylic acid groups (broad SMARTS) is 1. The molecule has 11 nitrogen and oxygen atoms in total. The van der Waals surface area contributed by atoms with E-state index in [1.165, 1.54) is 6.07 Å². The van der Waals surface area contributed by atoms with Gasteiger partial charge in [0.2, 0.25) is 5.91 Å². The molecule has 1 aromatic carbocycles. The summed E-state index contributed by atoms with van der Waals surface area (Å²) in [5.74, 6) is -3.89. The van der Waals surface area contributed by atoms with Crippen molar-refractivity contribution >= 4 is 23.5 Å². The van der Waals surface area contributed by atoms with Crippen molar-refractivity contribution in [3.05, 3.63) is 23.4 Å². The summed E-state index contributed by atoms with van der Waals surface area (Å²) in [5.41, 5.74) is 0.891. The van der Waals surface area contributed by atoms with Crippen molar-refractivity contribution in [1.29, 1.82) is 0 Å². The molecule has 0 spiro atoms. The number of rotatable bonds is 6. The van der Waals surface area contributed by atoms with Gasteiger partial charge in [0.1, 0.15) is 17.2 Å². The van der Waals surface area contributed by atoms with Crippen molar-refractivity contribution in [2.75, 3.05) is 32.0 Å². The van der Waals surface area contributed by atoms with Crippen LogP contribution >= 0.6 is 0 Å². The summed E-state index contributed by atoms with van der Waals surface area (Å²) in [6.45, 7) is 7.59. The van der Waals surface area contributed by atoms with Gasteiger partial charge in [-0.3, -0.25) is 9.59 Å². The second-order valence-corrected chi connectivity index (χ2v) is 9.05. The van der Waals surface area contributed by atoms with Gasteiger partial charge in [-0.05, 0) is 57.5 Å². The highest BCUT2D eigenvalue weighted by Gasteiger charge is 2.38. The lowest BCUT2D eigenvalue weighted by Gasteiger charge is -2.28. The summed E-state index contributed by atoms with van der Waals surface area (Å²) < 4.78 is 37.2. The molecule has 1 fully saturated rings. The quantitative estimate of drug-likeness (QED) is 0.366. The lowest BCUT2D eigenvalue weighted by molar-refractivity contribution is -0.192. The first-order chi connectivity index (χ1) is 17.7. The van der Waals surface area contributed by atoms with Crippen LogP contribution in [0.2, 0.25) is 0 Å². The fourth-order valence-electron chi connectivity index (χ4n) is 3.72. The first kappa shape index (κ1) is 30.4. The molecule has 210 valence electrons. The zero-order valence-corrected chi connectivity index (χ0v) is 21.3. The number of phenols is 2. The number of aromatic nitrogens is 1. The second kappa shape index (κ2) is 12.6. The third-order valence-corrected chi connectivity index (χ3v) is 5.84. The standard InChI is InChI=1S/C22H30N4O5.C2HF3O2/c1-5-23-22(30)19-18(24-21(29)13-6-8-26(4)9-7-13)20(31-25-19)15-10-14(12(2)3)16(27)11-17(15)28;3-2(4,5)1(6)7/h10-13,27-28H,5-9H2,1-4H3,(H,23,30)(H,24,29);(H,6,7). The molecule has 0 saturated carbocycles. The van der Waals surface area contributed by atoms with Crippen LogP contribution in [0.5, 0.6) is 11.5 Å². The van der Waals surface area contributed by atoms with E-state index in [9.17, 15) is 33.0 Å². The van der Waals surface area contributed by atoms with E-state index in [0.717, 1.165) is 13.1 Å². The van der Waals surface area contributed by atoms with E-state index in [2.05, 4.69) is 20.7 Å². The number of phenolic OH excluding ortho intramolecular Hbond substituents is 2. The molecule has 1 aromatic heterocycles. The normalized spacial score (nSPS) is 14.5. The molecule has 1 aliphatic heterocycles.